The topological polar surface area (TPSA) is 92.3 Å². The third-order valence-electron chi connectivity index (χ3n) is 3.78. The van der Waals surface area contributed by atoms with E-state index in [-0.39, 0.29) is 5.91 Å². The van der Waals surface area contributed by atoms with Gasteiger partial charge in [0.1, 0.15) is 11.0 Å². The summed E-state index contributed by atoms with van der Waals surface area (Å²) in [4.78, 5) is 12.3. The number of carbonyl (C=O) groups excluding carboxylic acids is 1. The molecular weight excluding hydrogens is 312 g/mol. The molecule has 1 aliphatic heterocycles. The molecule has 1 unspecified atom stereocenters. The lowest BCUT2D eigenvalue weighted by Crippen LogP contribution is -2.49. The van der Waals surface area contributed by atoms with Gasteiger partial charge in [0, 0.05) is 12.5 Å². The summed E-state index contributed by atoms with van der Waals surface area (Å²) in [5.74, 6) is 0.189. The molecule has 1 saturated carbocycles. The van der Waals surface area contributed by atoms with Crippen LogP contribution in [0.15, 0.2) is 0 Å². The molecule has 0 spiro atoms. The molecule has 2 fully saturated rings. The third kappa shape index (κ3) is 3.41. The van der Waals surface area contributed by atoms with Crippen molar-refractivity contribution >= 4 is 32.4 Å². The van der Waals surface area contributed by atoms with Gasteiger partial charge in [-0.15, -0.1) is 10.2 Å². The Hall–Kier alpha value is -1.06. The molecule has 1 atom stereocenters. The van der Waals surface area contributed by atoms with E-state index in [0.717, 1.165) is 36.9 Å². The smallest absolute Gasteiger partial charge is 0.244 e. The maximum Gasteiger partial charge on any atom is 0.244 e. The summed E-state index contributed by atoms with van der Waals surface area (Å²) < 4.78 is 24.8. The Morgan fingerprint density at radius 2 is 2.05 bits per heavy atom. The Labute approximate surface area is 127 Å². The Balaban J connectivity index is 1.70. The summed E-state index contributed by atoms with van der Waals surface area (Å²) in [6.45, 7) is 0.403. The zero-order valence-electron chi connectivity index (χ0n) is 11.8. The molecule has 3 rings (SSSR count). The molecule has 2 aliphatic rings. The van der Waals surface area contributed by atoms with Crippen molar-refractivity contribution in [1.29, 1.82) is 0 Å². The second kappa shape index (κ2) is 5.62. The lowest BCUT2D eigenvalue weighted by atomic mass is 10.0. The summed E-state index contributed by atoms with van der Waals surface area (Å²) in [5, 5.41) is 12.2. The van der Waals surface area contributed by atoms with E-state index in [0.29, 0.717) is 24.0 Å². The third-order valence-corrected chi connectivity index (χ3v) is 6.07. The van der Waals surface area contributed by atoms with Gasteiger partial charge < -0.3 is 0 Å². The van der Waals surface area contributed by atoms with Gasteiger partial charge in [-0.05, 0) is 25.7 Å². The number of aromatic nitrogens is 2. The number of sulfonamides is 1. The first-order chi connectivity index (χ1) is 9.95. The van der Waals surface area contributed by atoms with Crippen LogP contribution in [0.5, 0.6) is 0 Å². The number of nitrogens with one attached hydrogen (secondary N) is 1. The van der Waals surface area contributed by atoms with E-state index < -0.39 is 16.1 Å². The van der Waals surface area contributed by atoms with Gasteiger partial charge >= 0.3 is 0 Å². The Morgan fingerprint density at radius 3 is 2.71 bits per heavy atom. The summed E-state index contributed by atoms with van der Waals surface area (Å²) in [6, 6.07) is -0.637. The Morgan fingerprint density at radius 1 is 1.29 bits per heavy atom. The van der Waals surface area contributed by atoms with Gasteiger partial charge in [0.2, 0.25) is 21.1 Å². The van der Waals surface area contributed by atoms with Gasteiger partial charge in [0.15, 0.2) is 0 Å². The monoisotopic (exact) mass is 330 g/mol. The summed E-state index contributed by atoms with van der Waals surface area (Å²) in [6.07, 6.45) is 5.61. The molecule has 0 bridgehead atoms. The largest absolute Gasteiger partial charge is 0.299 e. The van der Waals surface area contributed by atoms with Crippen LogP contribution in [0.1, 0.15) is 43.0 Å². The normalized spacial score (nSPS) is 24.0. The fourth-order valence-electron chi connectivity index (χ4n) is 2.53. The van der Waals surface area contributed by atoms with Crippen LogP contribution in [-0.4, -0.2) is 47.7 Å². The standard InChI is InChI=1S/C12H18N4O3S2/c1-21(18,19)16-7-3-2-4-9(16)10(17)13-12-15-14-11(20-12)8-5-6-8/h8-9H,2-7H2,1H3,(H,13,15,17). The first-order valence-corrected chi connectivity index (χ1v) is 9.73. The Kier molecular flexibility index (Phi) is 3.98. The highest BCUT2D eigenvalue weighted by Gasteiger charge is 2.35. The maximum atomic E-state index is 12.3. The summed E-state index contributed by atoms with van der Waals surface area (Å²) in [7, 11) is -3.37. The van der Waals surface area contributed by atoms with Crippen LogP contribution in [-0.2, 0) is 14.8 Å². The molecule has 1 saturated heterocycles. The molecule has 1 aromatic rings. The quantitative estimate of drug-likeness (QED) is 0.894. The number of piperidine rings is 1. The number of nitrogens with zero attached hydrogens (tertiary/aromatic N) is 3. The molecular formula is C12H18N4O3S2. The lowest BCUT2D eigenvalue weighted by Gasteiger charge is -2.32. The second-order valence-corrected chi connectivity index (χ2v) is 8.54. The molecule has 1 aliphatic carbocycles. The molecule has 116 valence electrons. The average molecular weight is 330 g/mol. The zero-order valence-corrected chi connectivity index (χ0v) is 13.4. The Bertz CT molecular complexity index is 639. The van der Waals surface area contributed by atoms with Crippen LogP contribution >= 0.6 is 11.3 Å². The van der Waals surface area contributed by atoms with Crippen LogP contribution in [0.3, 0.4) is 0 Å². The van der Waals surface area contributed by atoms with Gasteiger partial charge in [-0.1, -0.05) is 17.8 Å². The van der Waals surface area contributed by atoms with Crippen molar-refractivity contribution < 1.29 is 13.2 Å². The van der Waals surface area contributed by atoms with Crippen LogP contribution in [0.4, 0.5) is 5.13 Å². The fraction of sp³-hybridized carbons (Fsp3) is 0.750. The van der Waals surface area contributed by atoms with Gasteiger partial charge in [-0.3, -0.25) is 10.1 Å². The SMILES string of the molecule is CS(=O)(=O)N1CCCCC1C(=O)Nc1nnc(C2CC2)s1. The molecule has 21 heavy (non-hydrogen) atoms. The molecule has 0 radical (unpaired) electrons. The maximum absolute atomic E-state index is 12.3. The second-order valence-electron chi connectivity index (χ2n) is 5.59. The van der Waals surface area contributed by atoms with Crippen molar-refractivity contribution in [2.45, 2.75) is 44.1 Å². The van der Waals surface area contributed by atoms with E-state index in [2.05, 4.69) is 15.5 Å². The minimum Gasteiger partial charge on any atom is -0.299 e. The summed E-state index contributed by atoms with van der Waals surface area (Å²) in [5.41, 5.74) is 0. The van der Waals surface area contributed by atoms with Crippen LogP contribution in [0, 0.1) is 0 Å². The van der Waals surface area contributed by atoms with Gasteiger partial charge in [0.05, 0.1) is 6.26 Å². The van der Waals surface area contributed by atoms with E-state index in [1.807, 2.05) is 0 Å². The van der Waals surface area contributed by atoms with Crippen molar-refractivity contribution in [3.63, 3.8) is 0 Å². The minimum absolute atomic E-state index is 0.307. The molecule has 7 nitrogen and oxygen atoms in total. The van der Waals surface area contributed by atoms with E-state index in [9.17, 15) is 13.2 Å². The predicted octanol–water partition coefficient (Wildman–Crippen LogP) is 1.17. The van der Waals surface area contributed by atoms with Crippen LogP contribution in [0.2, 0.25) is 0 Å². The predicted molar refractivity (Wildman–Crippen MR) is 79.7 cm³/mol. The lowest BCUT2D eigenvalue weighted by molar-refractivity contribution is -0.120. The van der Waals surface area contributed by atoms with Crippen molar-refractivity contribution in [1.82, 2.24) is 14.5 Å². The van der Waals surface area contributed by atoms with Crippen molar-refractivity contribution in [2.75, 3.05) is 18.1 Å². The highest BCUT2D eigenvalue weighted by Crippen LogP contribution is 2.42. The average Bonchev–Trinajstić information content (AvgIpc) is 3.19. The van der Waals surface area contributed by atoms with Crippen molar-refractivity contribution in [2.24, 2.45) is 0 Å². The molecule has 0 aromatic carbocycles. The van der Waals surface area contributed by atoms with Crippen LogP contribution in [0.25, 0.3) is 0 Å². The highest BCUT2D eigenvalue weighted by molar-refractivity contribution is 7.88. The molecule has 1 aromatic heterocycles. The molecule has 2 heterocycles. The summed E-state index contributed by atoms with van der Waals surface area (Å²) >= 11 is 1.38. The number of anilines is 1. The number of hydrogen-bond acceptors (Lipinski definition) is 6. The van der Waals surface area contributed by atoms with Crippen LogP contribution < -0.4 is 5.32 Å². The fourth-order valence-corrected chi connectivity index (χ4v) is 4.57. The van der Waals surface area contributed by atoms with Gasteiger partial charge in [-0.2, -0.15) is 4.31 Å². The molecule has 9 heteroatoms. The number of amides is 1. The van der Waals surface area contributed by atoms with Gasteiger partial charge in [0.25, 0.3) is 0 Å². The van der Waals surface area contributed by atoms with Gasteiger partial charge in [-0.25, -0.2) is 8.42 Å². The first kappa shape index (κ1) is 14.9. The minimum atomic E-state index is -3.37. The number of carbonyl (C=O) groups is 1. The first-order valence-electron chi connectivity index (χ1n) is 7.06. The highest BCUT2D eigenvalue weighted by atomic mass is 32.2. The van der Waals surface area contributed by atoms with E-state index in [1.165, 1.54) is 15.6 Å². The van der Waals surface area contributed by atoms with E-state index in [1.54, 1.807) is 0 Å². The molecule has 1 amide bonds. The van der Waals surface area contributed by atoms with Crippen molar-refractivity contribution in [3.8, 4) is 0 Å². The number of hydrogen-bond donors (Lipinski definition) is 1. The van der Waals surface area contributed by atoms with Crippen molar-refractivity contribution in [3.05, 3.63) is 5.01 Å². The van der Waals surface area contributed by atoms with E-state index >= 15 is 0 Å². The zero-order chi connectivity index (χ0) is 15.0. The molecule has 1 N–H and O–H groups in total. The number of rotatable bonds is 4. The van der Waals surface area contributed by atoms with E-state index in [4.69, 9.17) is 0 Å².